The van der Waals surface area contributed by atoms with Gasteiger partial charge in [0.25, 0.3) is 5.91 Å². The lowest BCUT2D eigenvalue weighted by Gasteiger charge is -2.38. The highest BCUT2D eigenvalue weighted by Crippen LogP contribution is 2.37. The van der Waals surface area contributed by atoms with Crippen LogP contribution in [0.3, 0.4) is 0 Å². The highest BCUT2D eigenvalue weighted by Gasteiger charge is 2.40. The van der Waals surface area contributed by atoms with Crippen LogP contribution in [-0.4, -0.2) is 50.9 Å². The van der Waals surface area contributed by atoms with Crippen molar-refractivity contribution in [3.8, 4) is 0 Å². The summed E-state index contributed by atoms with van der Waals surface area (Å²) < 4.78 is 8.11. The van der Waals surface area contributed by atoms with E-state index in [1.54, 1.807) is 4.68 Å². The predicted molar refractivity (Wildman–Crippen MR) is 105 cm³/mol. The van der Waals surface area contributed by atoms with Crippen LogP contribution < -0.4 is 0 Å². The van der Waals surface area contributed by atoms with E-state index in [2.05, 4.69) is 17.0 Å². The molecule has 0 aromatic carbocycles. The van der Waals surface area contributed by atoms with Crippen LogP contribution in [0.25, 0.3) is 11.0 Å². The number of rotatable bonds is 5. The minimum atomic E-state index is 0.0945. The molecule has 0 unspecified atom stereocenters. The molecule has 0 radical (unpaired) electrons. The molecule has 1 amide bonds. The van der Waals surface area contributed by atoms with Crippen LogP contribution >= 0.6 is 0 Å². The second-order valence-electron chi connectivity index (χ2n) is 8.21. The number of nitrogens with zero attached hydrogens (tertiary/aromatic N) is 4. The molecule has 1 aliphatic heterocycles. The molecule has 0 spiro atoms. The zero-order valence-corrected chi connectivity index (χ0v) is 16.9. The molecule has 6 nitrogen and oxygen atoms in total. The Morgan fingerprint density at radius 3 is 2.78 bits per heavy atom. The van der Waals surface area contributed by atoms with E-state index >= 15 is 0 Å². The van der Waals surface area contributed by atoms with Crippen molar-refractivity contribution in [1.29, 1.82) is 0 Å². The van der Waals surface area contributed by atoms with Gasteiger partial charge in [0.15, 0.2) is 5.65 Å². The van der Waals surface area contributed by atoms with Crippen molar-refractivity contribution in [3.05, 3.63) is 23.0 Å². The third-order valence-electron chi connectivity index (χ3n) is 5.83. The molecule has 6 heteroatoms. The van der Waals surface area contributed by atoms with Crippen molar-refractivity contribution in [2.75, 3.05) is 13.1 Å². The third kappa shape index (κ3) is 3.59. The number of carbonyl (C=O) groups excluding carboxylic acids is 1. The molecule has 1 saturated heterocycles. The molecule has 2 aliphatic rings. The van der Waals surface area contributed by atoms with Crippen LogP contribution in [0.5, 0.6) is 0 Å². The van der Waals surface area contributed by atoms with Crippen LogP contribution in [0.1, 0.15) is 60.8 Å². The largest absolute Gasteiger partial charge is 0.371 e. The summed E-state index contributed by atoms with van der Waals surface area (Å²) in [5.74, 6) is 0.723. The summed E-state index contributed by atoms with van der Waals surface area (Å²) in [4.78, 5) is 20.2. The first-order chi connectivity index (χ1) is 13.0. The highest BCUT2D eigenvalue weighted by atomic mass is 16.5. The summed E-state index contributed by atoms with van der Waals surface area (Å²) in [6.45, 7) is 7.48. The number of hydrogen-bond donors (Lipinski definition) is 0. The van der Waals surface area contributed by atoms with Gasteiger partial charge < -0.3 is 9.64 Å². The normalized spacial score (nSPS) is 23.2. The van der Waals surface area contributed by atoms with Crippen LogP contribution in [0, 0.1) is 19.8 Å². The first kappa shape index (κ1) is 18.4. The van der Waals surface area contributed by atoms with Gasteiger partial charge in [-0.2, -0.15) is 5.10 Å². The third-order valence-corrected chi connectivity index (χ3v) is 5.83. The Balaban J connectivity index is 1.65. The smallest absolute Gasteiger partial charge is 0.254 e. The number of aryl methyl sites for hydroxylation is 3. The van der Waals surface area contributed by atoms with Crippen LogP contribution in [0.4, 0.5) is 0 Å². The van der Waals surface area contributed by atoms with Gasteiger partial charge in [-0.3, -0.25) is 9.48 Å². The maximum Gasteiger partial charge on any atom is 0.254 e. The minimum Gasteiger partial charge on any atom is -0.371 e. The summed E-state index contributed by atoms with van der Waals surface area (Å²) in [6, 6.07) is 1.92. The van der Waals surface area contributed by atoms with E-state index in [1.165, 1.54) is 12.8 Å². The first-order valence-corrected chi connectivity index (χ1v) is 10.2. The molecule has 4 rings (SSSR count). The Morgan fingerprint density at radius 2 is 2.07 bits per heavy atom. The van der Waals surface area contributed by atoms with E-state index in [-0.39, 0.29) is 18.1 Å². The quantitative estimate of drug-likeness (QED) is 0.809. The topological polar surface area (TPSA) is 60.2 Å². The van der Waals surface area contributed by atoms with Crippen LogP contribution in [0.2, 0.25) is 0 Å². The fourth-order valence-electron chi connectivity index (χ4n) is 4.26. The van der Waals surface area contributed by atoms with Gasteiger partial charge in [0, 0.05) is 25.8 Å². The van der Waals surface area contributed by atoms with E-state index in [0.717, 1.165) is 47.2 Å². The van der Waals surface area contributed by atoms with Crippen molar-refractivity contribution in [2.24, 2.45) is 13.0 Å². The Hall–Kier alpha value is -1.95. The van der Waals surface area contributed by atoms with Gasteiger partial charge in [-0.25, -0.2) is 4.98 Å². The van der Waals surface area contributed by atoms with Gasteiger partial charge in [0.2, 0.25) is 0 Å². The van der Waals surface area contributed by atoms with Gasteiger partial charge >= 0.3 is 0 Å². The van der Waals surface area contributed by atoms with Crippen LogP contribution in [-0.2, 0) is 11.8 Å². The van der Waals surface area contributed by atoms with Crippen LogP contribution in [0.15, 0.2) is 6.07 Å². The number of aromatic nitrogens is 3. The lowest BCUT2D eigenvalue weighted by Crippen LogP contribution is -2.50. The standard InChI is InChI=1S/C21H30N4O2/c1-5-6-7-16-11-25(12-18(27-16)15-8-9-15)21(26)17-10-13(2)22-20-19(17)14(3)23-24(20)4/h10,15-16,18H,5-9,11-12H2,1-4H3/t16-,18-/m1/s1. The molecule has 3 heterocycles. The fraction of sp³-hybridized carbons (Fsp3) is 0.667. The molecule has 146 valence electrons. The number of pyridine rings is 1. The Morgan fingerprint density at radius 1 is 1.30 bits per heavy atom. The maximum atomic E-state index is 13.5. The summed E-state index contributed by atoms with van der Waals surface area (Å²) in [6.07, 6.45) is 6.13. The second kappa shape index (κ2) is 7.23. The lowest BCUT2D eigenvalue weighted by atomic mass is 10.0. The van der Waals surface area contributed by atoms with E-state index in [0.29, 0.717) is 19.0 Å². The van der Waals surface area contributed by atoms with Crippen molar-refractivity contribution in [3.63, 3.8) is 0 Å². The highest BCUT2D eigenvalue weighted by molar-refractivity contribution is 6.06. The molecule has 2 fully saturated rings. The number of fused-ring (bicyclic) bond motifs is 1. The molecule has 27 heavy (non-hydrogen) atoms. The molecular formula is C21H30N4O2. The molecule has 0 bridgehead atoms. The lowest BCUT2D eigenvalue weighted by molar-refractivity contribution is -0.0874. The number of ether oxygens (including phenoxy) is 1. The summed E-state index contributed by atoms with van der Waals surface area (Å²) in [7, 11) is 1.88. The summed E-state index contributed by atoms with van der Waals surface area (Å²) in [5, 5.41) is 5.37. The van der Waals surface area contributed by atoms with E-state index in [1.807, 2.05) is 31.9 Å². The maximum absolute atomic E-state index is 13.5. The summed E-state index contributed by atoms with van der Waals surface area (Å²) >= 11 is 0. The fourth-order valence-corrected chi connectivity index (χ4v) is 4.26. The Labute approximate surface area is 160 Å². The molecule has 0 N–H and O–H groups in total. The van der Waals surface area contributed by atoms with Gasteiger partial charge in [-0.15, -0.1) is 0 Å². The number of morpholine rings is 1. The second-order valence-corrected chi connectivity index (χ2v) is 8.21. The average Bonchev–Trinajstić information content (AvgIpc) is 3.45. The first-order valence-electron chi connectivity index (χ1n) is 10.2. The number of amides is 1. The zero-order valence-electron chi connectivity index (χ0n) is 16.9. The van der Waals surface area contributed by atoms with E-state index in [4.69, 9.17) is 4.74 Å². The van der Waals surface area contributed by atoms with Gasteiger partial charge in [-0.05, 0) is 45.1 Å². The SMILES string of the molecule is CCCC[C@@H]1CN(C(=O)c2cc(C)nc3c2c(C)nn3C)C[C@H](C2CC2)O1. The molecular weight excluding hydrogens is 340 g/mol. The zero-order chi connectivity index (χ0) is 19.1. The predicted octanol–water partition coefficient (Wildman–Crippen LogP) is 3.39. The van der Waals surface area contributed by atoms with Gasteiger partial charge in [0.05, 0.1) is 28.9 Å². The number of unbranched alkanes of at least 4 members (excludes halogenated alkanes) is 1. The Bertz CT molecular complexity index is 855. The number of hydrogen-bond acceptors (Lipinski definition) is 4. The summed E-state index contributed by atoms with van der Waals surface area (Å²) in [5.41, 5.74) is 3.22. The molecule has 2 atom stereocenters. The molecule has 1 aliphatic carbocycles. The molecule has 2 aromatic rings. The van der Waals surface area contributed by atoms with Crippen molar-refractivity contribution in [1.82, 2.24) is 19.7 Å². The number of carbonyl (C=O) groups is 1. The van der Waals surface area contributed by atoms with E-state index < -0.39 is 0 Å². The molecule has 2 aromatic heterocycles. The van der Waals surface area contributed by atoms with Crippen molar-refractivity contribution >= 4 is 16.9 Å². The monoisotopic (exact) mass is 370 g/mol. The van der Waals surface area contributed by atoms with Crippen molar-refractivity contribution < 1.29 is 9.53 Å². The minimum absolute atomic E-state index is 0.0945. The van der Waals surface area contributed by atoms with Gasteiger partial charge in [0.1, 0.15) is 0 Å². The Kier molecular flexibility index (Phi) is 4.93. The van der Waals surface area contributed by atoms with E-state index in [9.17, 15) is 4.79 Å². The van der Waals surface area contributed by atoms with Crippen molar-refractivity contribution in [2.45, 2.75) is 65.1 Å². The average molecular weight is 370 g/mol. The van der Waals surface area contributed by atoms with Gasteiger partial charge in [-0.1, -0.05) is 19.8 Å². The molecule has 1 saturated carbocycles.